The summed E-state index contributed by atoms with van der Waals surface area (Å²) in [6.07, 6.45) is 2.22. The number of likely N-dealkylation sites (tertiary alicyclic amines) is 1. The molecular formula is C22H27N4O2+. The van der Waals surface area contributed by atoms with E-state index in [4.69, 9.17) is 9.72 Å². The van der Waals surface area contributed by atoms with E-state index < -0.39 is 0 Å². The molecular weight excluding hydrogens is 352 g/mol. The van der Waals surface area contributed by atoms with E-state index in [1.807, 2.05) is 49.4 Å². The molecule has 1 unspecified atom stereocenters. The summed E-state index contributed by atoms with van der Waals surface area (Å²) >= 11 is 0. The molecule has 0 spiro atoms. The molecule has 1 aliphatic heterocycles. The van der Waals surface area contributed by atoms with Crippen molar-refractivity contribution in [1.29, 1.82) is 0 Å². The number of aromatic amines is 1. The molecule has 0 bridgehead atoms. The van der Waals surface area contributed by atoms with Gasteiger partial charge in [-0.2, -0.15) is 0 Å². The fourth-order valence-corrected chi connectivity index (χ4v) is 3.94. The molecule has 6 nitrogen and oxygen atoms in total. The van der Waals surface area contributed by atoms with Crippen molar-refractivity contribution in [2.75, 3.05) is 31.6 Å². The number of aromatic nitrogens is 2. The summed E-state index contributed by atoms with van der Waals surface area (Å²) in [4.78, 5) is 22.0. The average Bonchev–Trinajstić information content (AvgIpc) is 3.14. The summed E-state index contributed by atoms with van der Waals surface area (Å²) in [6.45, 7) is 5.01. The molecule has 146 valence electrons. The van der Waals surface area contributed by atoms with E-state index in [-0.39, 0.29) is 5.91 Å². The largest absolute Gasteiger partial charge is 0.494 e. The number of carbonyl (C=O) groups is 1. The average molecular weight is 379 g/mol. The number of nitrogens with one attached hydrogen (secondary N) is 3. The van der Waals surface area contributed by atoms with Crippen LogP contribution >= 0.6 is 0 Å². The van der Waals surface area contributed by atoms with Crippen LogP contribution < -0.4 is 15.0 Å². The van der Waals surface area contributed by atoms with E-state index in [0.29, 0.717) is 19.1 Å². The molecule has 1 aliphatic rings. The Bertz CT molecular complexity index is 902. The van der Waals surface area contributed by atoms with Crippen molar-refractivity contribution in [3.63, 3.8) is 0 Å². The van der Waals surface area contributed by atoms with Gasteiger partial charge in [0.1, 0.15) is 11.6 Å². The lowest BCUT2D eigenvalue weighted by Crippen LogP contribution is -3.14. The third kappa shape index (κ3) is 4.34. The third-order valence-corrected chi connectivity index (χ3v) is 5.27. The van der Waals surface area contributed by atoms with Crippen LogP contribution in [-0.2, 0) is 4.79 Å². The van der Waals surface area contributed by atoms with E-state index in [9.17, 15) is 4.79 Å². The van der Waals surface area contributed by atoms with Gasteiger partial charge in [0.2, 0.25) is 0 Å². The number of amides is 1. The molecule has 0 aliphatic carbocycles. The Kier molecular flexibility index (Phi) is 5.58. The second kappa shape index (κ2) is 8.44. The Labute approximate surface area is 164 Å². The van der Waals surface area contributed by atoms with E-state index in [1.54, 1.807) is 0 Å². The first kappa shape index (κ1) is 18.5. The van der Waals surface area contributed by atoms with Crippen LogP contribution in [0.25, 0.3) is 11.0 Å². The van der Waals surface area contributed by atoms with Crippen LogP contribution in [0.3, 0.4) is 0 Å². The lowest BCUT2D eigenvalue weighted by atomic mass is 9.97. The minimum absolute atomic E-state index is 0.0458. The van der Waals surface area contributed by atoms with Crippen molar-refractivity contribution in [1.82, 2.24) is 9.97 Å². The predicted molar refractivity (Wildman–Crippen MR) is 110 cm³/mol. The number of hydrogen-bond donors (Lipinski definition) is 3. The molecule has 1 amide bonds. The van der Waals surface area contributed by atoms with Gasteiger partial charge in [0.25, 0.3) is 5.91 Å². The monoisotopic (exact) mass is 379 g/mol. The smallest absolute Gasteiger partial charge is 0.279 e. The normalized spacial score (nSPS) is 19.5. The number of ether oxygens (including phenoxy) is 1. The second-order valence-corrected chi connectivity index (χ2v) is 7.36. The van der Waals surface area contributed by atoms with Gasteiger partial charge >= 0.3 is 0 Å². The zero-order valence-electron chi connectivity index (χ0n) is 16.2. The number of rotatable bonds is 6. The van der Waals surface area contributed by atoms with Crippen molar-refractivity contribution >= 4 is 22.6 Å². The fraction of sp³-hybridized carbons (Fsp3) is 0.364. The SMILES string of the molecule is CCOc1ccc(NC(=O)C[NH+]2CCC[C@@H](c3nc4ccccc4[nH]3)C2)cc1. The van der Waals surface area contributed by atoms with Crippen LogP contribution in [0.4, 0.5) is 5.69 Å². The number of carbonyl (C=O) groups excluding carboxylic acids is 1. The Morgan fingerprint density at radius 1 is 1.25 bits per heavy atom. The topological polar surface area (TPSA) is 71.4 Å². The number of benzene rings is 2. The van der Waals surface area contributed by atoms with Crippen LogP contribution in [-0.4, -0.2) is 42.1 Å². The number of imidazole rings is 1. The molecule has 6 heteroatoms. The second-order valence-electron chi connectivity index (χ2n) is 7.36. The number of fused-ring (bicyclic) bond motifs is 1. The number of anilines is 1. The quantitative estimate of drug-likeness (QED) is 0.616. The summed E-state index contributed by atoms with van der Waals surface area (Å²) in [5, 5.41) is 3.00. The Balaban J connectivity index is 1.34. The maximum absolute atomic E-state index is 12.5. The van der Waals surface area contributed by atoms with Gasteiger partial charge in [0.15, 0.2) is 6.54 Å². The minimum atomic E-state index is 0.0458. The van der Waals surface area contributed by atoms with Crippen molar-refractivity contribution in [2.45, 2.75) is 25.7 Å². The van der Waals surface area contributed by atoms with Gasteiger partial charge in [-0.3, -0.25) is 4.79 Å². The number of quaternary nitrogens is 1. The molecule has 1 fully saturated rings. The van der Waals surface area contributed by atoms with Crippen molar-refractivity contribution < 1.29 is 14.4 Å². The highest BCUT2D eigenvalue weighted by Crippen LogP contribution is 2.22. The van der Waals surface area contributed by atoms with Crippen molar-refractivity contribution in [3.8, 4) is 5.75 Å². The van der Waals surface area contributed by atoms with Gasteiger partial charge < -0.3 is 19.9 Å². The van der Waals surface area contributed by atoms with E-state index in [1.165, 1.54) is 4.90 Å². The number of hydrogen-bond acceptors (Lipinski definition) is 3. The first-order valence-corrected chi connectivity index (χ1v) is 10.0. The highest BCUT2D eigenvalue weighted by Gasteiger charge is 2.28. The molecule has 2 aromatic carbocycles. The van der Waals surface area contributed by atoms with Crippen molar-refractivity contribution in [2.24, 2.45) is 0 Å². The molecule has 2 atom stereocenters. The molecule has 4 rings (SSSR count). The fourth-order valence-electron chi connectivity index (χ4n) is 3.94. The Hall–Kier alpha value is -2.86. The molecule has 0 saturated carbocycles. The Morgan fingerprint density at radius 3 is 2.86 bits per heavy atom. The van der Waals surface area contributed by atoms with E-state index >= 15 is 0 Å². The molecule has 2 heterocycles. The van der Waals surface area contributed by atoms with Gasteiger partial charge in [-0.05, 0) is 56.2 Å². The zero-order chi connectivity index (χ0) is 19.3. The molecule has 3 N–H and O–H groups in total. The number of H-pyrrole nitrogens is 1. The summed E-state index contributed by atoms with van der Waals surface area (Å²) < 4.78 is 5.44. The minimum Gasteiger partial charge on any atom is -0.494 e. The zero-order valence-corrected chi connectivity index (χ0v) is 16.2. The highest BCUT2D eigenvalue weighted by atomic mass is 16.5. The molecule has 1 saturated heterocycles. The summed E-state index contributed by atoms with van der Waals surface area (Å²) in [5.41, 5.74) is 2.90. The number of piperidine rings is 1. The van der Waals surface area contributed by atoms with Crippen molar-refractivity contribution in [3.05, 3.63) is 54.4 Å². The maximum Gasteiger partial charge on any atom is 0.279 e. The van der Waals surface area contributed by atoms with Gasteiger partial charge in [0, 0.05) is 5.69 Å². The molecule has 1 aromatic heterocycles. The lowest BCUT2D eigenvalue weighted by molar-refractivity contribution is -0.898. The highest BCUT2D eigenvalue weighted by molar-refractivity contribution is 5.91. The third-order valence-electron chi connectivity index (χ3n) is 5.27. The van der Waals surface area contributed by atoms with Crippen LogP contribution in [0.1, 0.15) is 31.5 Å². The first-order chi connectivity index (χ1) is 13.7. The van der Waals surface area contributed by atoms with Crippen LogP contribution in [0.15, 0.2) is 48.5 Å². The Morgan fingerprint density at radius 2 is 2.07 bits per heavy atom. The maximum atomic E-state index is 12.5. The molecule has 3 aromatic rings. The van der Waals surface area contributed by atoms with Gasteiger partial charge in [-0.25, -0.2) is 4.98 Å². The van der Waals surface area contributed by atoms with E-state index in [2.05, 4.69) is 16.4 Å². The van der Waals surface area contributed by atoms with Crippen LogP contribution in [0.5, 0.6) is 5.75 Å². The van der Waals surface area contributed by atoms with Crippen LogP contribution in [0, 0.1) is 0 Å². The lowest BCUT2D eigenvalue weighted by Gasteiger charge is -2.28. The standard InChI is InChI=1S/C22H26N4O2/c1-2-28-18-11-9-17(10-12-18)23-21(27)15-26-13-5-6-16(14-26)22-24-19-7-3-4-8-20(19)25-22/h3-4,7-12,16H,2,5-6,13-15H2,1H3,(H,23,27)(H,24,25)/p+1/t16-/m1/s1. The summed E-state index contributed by atoms with van der Waals surface area (Å²) in [6, 6.07) is 15.6. The summed E-state index contributed by atoms with van der Waals surface area (Å²) in [5.74, 6) is 2.28. The van der Waals surface area contributed by atoms with Crippen LogP contribution in [0.2, 0.25) is 0 Å². The summed E-state index contributed by atoms with van der Waals surface area (Å²) in [7, 11) is 0. The van der Waals surface area contributed by atoms with Gasteiger partial charge in [-0.15, -0.1) is 0 Å². The molecule has 28 heavy (non-hydrogen) atoms. The molecule has 0 radical (unpaired) electrons. The van der Waals surface area contributed by atoms with E-state index in [0.717, 1.165) is 54.2 Å². The number of nitrogens with zero attached hydrogens (tertiary/aromatic N) is 1. The first-order valence-electron chi connectivity index (χ1n) is 10.0. The predicted octanol–water partition coefficient (Wildman–Crippen LogP) is 2.36. The number of para-hydroxylation sites is 2. The van der Waals surface area contributed by atoms with Gasteiger partial charge in [0.05, 0.1) is 36.6 Å². The van der Waals surface area contributed by atoms with Gasteiger partial charge in [-0.1, -0.05) is 12.1 Å².